The zero-order valence-electron chi connectivity index (χ0n) is 17.1. The second-order valence-electron chi connectivity index (χ2n) is 7.27. The van der Waals surface area contributed by atoms with Crippen LogP contribution in [-0.2, 0) is 24.7 Å². The number of fused-ring (bicyclic) bond motifs is 1. The van der Waals surface area contributed by atoms with Crippen LogP contribution < -0.4 is 10.6 Å². The van der Waals surface area contributed by atoms with Crippen molar-refractivity contribution >= 4 is 34.6 Å². The van der Waals surface area contributed by atoms with Crippen molar-refractivity contribution in [1.29, 1.82) is 0 Å². The van der Waals surface area contributed by atoms with E-state index in [4.69, 9.17) is 4.74 Å². The molecule has 1 aliphatic rings. The maximum atomic E-state index is 13.0. The Balaban J connectivity index is 1.62. The van der Waals surface area contributed by atoms with Gasteiger partial charge >= 0.3 is 12.0 Å². The lowest BCUT2D eigenvalue weighted by Gasteiger charge is -2.22. The van der Waals surface area contributed by atoms with Gasteiger partial charge in [0.05, 0.1) is 6.61 Å². The van der Waals surface area contributed by atoms with Gasteiger partial charge in [-0.15, -0.1) is 0 Å². The minimum Gasteiger partial charge on any atom is -0.466 e. The van der Waals surface area contributed by atoms with E-state index in [9.17, 15) is 19.2 Å². The van der Waals surface area contributed by atoms with Gasteiger partial charge in [-0.3, -0.25) is 19.3 Å². The molecule has 0 aliphatic carbocycles. The van der Waals surface area contributed by atoms with Gasteiger partial charge in [0, 0.05) is 13.0 Å². The molecular weight excluding hydrogens is 386 g/mol. The summed E-state index contributed by atoms with van der Waals surface area (Å²) in [5, 5.41) is 7.31. The normalized spacial score (nSPS) is 18.4. The first-order chi connectivity index (χ1) is 14.3. The minimum atomic E-state index is -1.24. The Kier molecular flexibility index (Phi) is 6.34. The number of nitrogens with one attached hydrogen (secondary N) is 2. The molecule has 0 spiro atoms. The molecule has 2 aromatic rings. The highest BCUT2D eigenvalue weighted by Gasteiger charge is 2.49. The topological polar surface area (TPSA) is 105 Å². The lowest BCUT2D eigenvalue weighted by Crippen LogP contribution is -2.43. The number of esters is 1. The van der Waals surface area contributed by atoms with E-state index in [1.54, 1.807) is 19.9 Å². The Hall–Kier alpha value is -3.42. The molecule has 1 atom stereocenters. The zero-order valence-corrected chi connectivity index (χ0v) is 17.1. The third-order valence-electron chi connectivity index (χ3n) is 5.09. The van der Waals surface area contributed by atoms with Gasteiger partial charge in [-0.05, 0) is 42.7 Å². The molecule has 4 amide bonds. The summed E-state index contributed by atoms with van der Waals surface area (Å²) >= 11 is 0. The molecule has 8 heteroatoms. The first kappa shape index (κ1) is 21.3. The molecule has 3 rings (SSSR count). The van der Waals surface area contributed by atoms with E-state index in [-0.39, 0.29) is 25.5 Å². The molecule has 0 radical (unpaired) electrons. The number of hydrogen-bond acceptors (Lipinski definition) is 5. The number of benzene rings is 2. The fourth-order valence-electron chi connectivity index (χ4n) is 3.43. The van der Waals surface area contributed by atoms with E-state index in [0.29, 0.717) is 18.6 Å². The Morgan fingerprint density at radius 1 is 1.13 bits per heavy atom. The van der Waals surface area contributed by atoms with Crippen molar-refractivity contribution in [3.8, 4) is 0 Å². The van der Waals surface area contributed by atoms with Gasteiger partial charge in [-0.2, -0.15) is 0 Å². The average Bonchev–Trinajstić information content (AvgIpc) is 2.95. The lowest BCUT2D eigenvalue weighted by molar-refractivity contribution is -0.143. The van der Waals surface area contributed by atoms with Crippen molar-refractivity contribution in [3.63, 3.8) is 0 Å². The third kappa shape index (κ3) is 4.42. The Morgan fingerprint density at radius 2 is 1.87 bits per heavy atom. The molecule has 0 aromatic heterocycles. The zero-order chi connectivity index (χ0) is 21.7. The minimum absolute atomic E-state index is 0.192. The van der Waals surface area contributed by atoms with Gasteiger partial charge in [0.2, 0.25) is 5.91 Å². The van der Waals surface area contributed by atoms with Gasteiger partial charge < -0.3 is 15.4 Å². The predicted octanol–water partition coefficient (Wildman–Crippen LogP) is 2.07. The monoisotopic (exact) mass is 411 g/mol. The molecule has 0 bridgehead atoms. The number of imide groups is 1. The summed E-state index contributed by atoms with van der Waals surface area (Å²) in [4.78, 5) is 49.8. The van der Waals surface area contributed by atoms with Gasteiger partial charge in [0.15, 0.2) is 0 Å². The first-order valence-electron chi connectivity index (χ1n) is 9.91. The second-order valence-corrected chi connectivity index (χ2v) is 7.27. The summed E-state index contributed by atoms with van der Waals surface area (Å²) in [6.45, 7) is 3.54. The van der Waals surface area contributed by atoms with Crippen LogP contribution >= 0.6 is 0 Å². The number of ether oxygens (including phenoxy) is 1. The fourth-order valence-corrected chi connectivity index (χ4v) is 3.43. The van der Waals surface area contributed by atoms with Gasteiger partial charge in [0.25, 0.3) is 5.91 Å². The molecule has 158 valence electrons. The van der Waals surface area contributed by atoms with E-state index < -0.39 is 23.4 Å². The van der Waals surface area contributed by atoms with Crippen molar-refractivity contribution < 1.29 is 23.9 Å². The highest BCUT2D eigenvalue weighted by atomic mass is 16.5. The molecule has 0 unspecified atom stereocenters. The van der Waals surface area contributed by atoms with Crippen LogP contribution in [0.4, 0.5) is 4.79 Å². The molecule has 1 aliphatic heterocycles. The molecule has 0 saturated carbocycles. The third-order valence-corrected chi connectivity index (χ3v) is 5.09. The highest BCUT2D eigenvalue weighted by molar-refractivity contribution is 6.09. The summed E-state index contributed by atoms with van der Waals surface area (Å²) in [6, 6.07) is 12.7. The molecule has 2 N–H and O–H groups in total. The van der Waals surface area contributed by atoms with Crippen molar-refractivity contribution in [3.05, 3.63) is 48.0 Å². The average molecular weight is 411 g/mol. The van der Waals surface area contributed by atoms with Crippen molar-refractivity contribution in [2.75, 3.05) is 19.7 Å². The molecule has 2 aromatic carbocycles. The van der Waals surface area contributed by atoms with Crippen LogP contribution in [0.25, 0.3) is 10.8 Å². The fraction of sp³-hybridized carbons (Fsp3) is 0.364. The number of carbonyl (C=O) groups is 4. The van der Waals surface area contributed by atoms with Crippen LogP contribution in [0.5, 0.6) is 0 Å². The number of hydrogen-bond donors (Lipinski definition) is 2. The molecule has 1 saturated heterocycles. The van der Waals surface area contributed by atoms with Crippen molar-refractivity contribution in [2.45, 2.75) is 32.2 Å². The van der Waals surface area contributed by atoms with E-state index in [0.717, 1.165) is 15.7 Å². The van der Waals surface area contributed by atoms with Crippen LogP contribution in [0.15, 0.2) is 42.5 Å². The molecule has 1 heterocycles. The number of carbonyl (C=O) groups excluding carboxylic acids is 4. The molecule has 1 fully saturated rings. The van der Waals surface area contributed by atoms with E-state index >= 15 is 0 Å². The molecule has 8 nitrogen and oxygen atoms in total. The number of nitrogens with zero attached hydrogens (tertiary/aromatic N) is 1. The highest BCUT2D eigenvalue weighted by Crippen LogP contribution is 2.30. The number of amides is 4. The predicted molar refractivity (Wildman–Crippen MR) is 110 cm³/mol. The Labute approximate surface area is 174 Å². The van der Waals surface area contributed by atoms with Crippen LogP contribution in [0.1, 0.15) is 32.3 Å². The van der Waals surface area contributed by atoms with Crippen molar-refractivity contribution in [2.24, 2.45) is 0 Å². The SMILES string of the molecule is CCOC(=O)CCCNC(=O)CN1C(=O)N[C@](C)(c2ccc3ccccc3c2)C1=O. The van der Waals surface area contributed by atoms with Crippen LogP contribution in [-0.4, -0.2) is 48.4 Å². The Morgan fingerprint density at radius 3 is 2.60 bits per heavy atom. The lowest BCUT2D eigenvalue weighted by atomic mass is 9.90. The summed E-state index contributed by atoms with van der Waals surface area (Å²) in [6.07, 6.45) is 0.608. The van der Waals surface area contributed by atoms with Crippen LogP contribution in [0.2, 0.25) is 0 Å². The summed E-state index contributed by atoms with van der Waals surface area (Å²) in [5.74, 6) is -1.28. The first-order valence-corrected chi connectivity index (χ1v) is 9.91. The quantitative estimate of drug-likeness (QED) is 0.393. The Bertz CT molecular complexity index is 990. The van der Waals surface area contributed by atoms with Crippen LogP contribution in [0.3, 0.4) is 0 Å². The summed E-state index contributed by atoms with van der Waals surface area (Å²) in [5.41, 5.74) is -0.595. The van der Waals surface area contributed by atoms with E-state index in [1.165, 1.54) is 0 Å². The van der Waals surface area contributed by atoms with Crippen molar-refractivity contribution in [1.82, 2.24) is 15.5 Å². The van der Waals surface area contributed by atoms with Gasteiger partial charge in [0.1, 0.15) is 12.1 Å². The van der Waals surface area contributed by atoms with E-state index in [2.05, 4.69) is 10.6 Å². The van der Waals surface area contributed by atoms with Crippen LogP contribution in [0, 0.1) is 0 Å². The largest absolute Gasteiger partial charge is 0.466 e. The second kappa shape index (κ2) is 8.94. The summed E-state index contributed by atoms with van der Waals surface area (Å²) in [7, 11) is 0. The van der Waals surface area contributed by atoms with E-state index in [1.807, 2.05) is 36.4 Å². The van der Waals surface area contributed by atoms with Gasteiger partial charge in [-0.25, -0.2) is 4.79 Å². The molecule has 30 heavy (non-hydrogen) atoms. The maximum absolute atomic E-state index is 13.0. The van der Waals surface area contributed by atoms with Gasteiger partial charge in [-0.1, -0.05) is 36.4 Å². The summed E-state index contributed by atoms with van der Waals surface area (Å²) < 4.78 is 4.82. The smallest absolute Gasteiger partial charge is 0.325 e. The standard InChI is InChI=1S/C22H25N3O5/c1-3-30-19(27)9-6-12-23-18(26)14-25-20(28)22(2,24-21(25)29)17-11-10-15-7-4-5-8-16(15)13-17/h4-5,7-8,10-11,13H,3,6,9,12,14H2,1-2H3,(H,23,26)(H,24,29)/t22-/m1/s1. The maximum Gasteiger partial charge on any atom is 0.325 e. The number of rotatable bonds is 8. The number of urea groups is 1. The molecular formula is C22H25N3O5.